The van der Waals surface area contributed by atoms with Gasteiger partial charge in [0.1, 0.15) is 0 Å². The van der Waals surface area contributed by atoms with Gasteiger partial charge in [-0.3, -0.25) is 4.68 Å². The van der Waals surface area contributed by atoms with E-state index in [1.54, 1.807) is 0 Å². The molecule has 1 aromatic rings. The standard InChI is InChI=1S/C16H29N3/c1-13(2)11-17-12-15-6-4-5-14(15)7-8-16-9-10-18-19(16)3/h9-10,13-15,17H,4-8,11-12H2,1-3H3. The van der Waals surface area contributed by atoms with Crippen LogP contribution in [0.4, 0.5) is 0 Å². The molecule has 0 spiro atoms. The molecular formula is C16H29N3. The molecule has 1 N–H and O–H groups in total. The maximum atomic E-state index is 4.25. The minimum Gasteiger partial charge on any atom is -0.316 e. The molecule has 19 heavy (non-hydrogen) atoms. The Labute approximate surface area is 117 Å². The monoisotopic (exact) mass is 263 g/mol. The average molecular weight is 263 g/mol. The highest BCUT2D eigenvalue weighted by molar-refractivity contribution is 5.00. The van der Waals surface area contributed by atoms with Crippen molar-refractivity contribution in [3.63, 3.8) is 0 Å². The Hall–Kier alpha value is -0.830. The van der Waals surface area contributed by atoms with Crippen LogP contribution in [-0.4, -0.2) is 22.9 Å². The third-order valence-electron chi connectivity index (χ3n) is 4.47. The van der Waals surface area contributed by atoms with Gasteiger partial charge >= 0.3 is 0 Å². The van der Waals surface area contributed by atoms with E-state index in [1.165, 1.54) is 44.3 Å². The predicted octanol–water partition coefficient (Wildman–Crippen LogP) is 3.01. The van der Waals surface area contributed by atoms with Crippen LogP contribution in [0.25, 0.3) is 0 Å². The van der Waals surface area contributed by atoms with E-state index < -0.39 is 0 Å². The average Bonchev–Trinajstić information content (AvgIpc) is 2.95. The van der Waals surface area contributed by atoms with Gasteiger partial charge in [0.15, 0.2) is 0 Å². The number of aromatic nitrogens is 2. The molecule has 1 fully saturated rings. The van der Waals surface area contributed by atoms with Crippen LogP contribution in [0.3, 0.4) is 0 Å². The Kier molecular flexibility index (Phi) is 5.44. The van der Waals surface area contributed by atoms with Crippen molar-refractivity contribution < 1.29 is 0 Å². The first-order valence-electron chi connectivity index (χ1n) is 7.84. The topological polar surface area (TPSA) is 29.9 Å². The summed E-state index contributed by atoms with van der Waals surface area (Å²) < 4.78 is 2.01. The quantitative estimate of drug-likeness (QED) is 0.819. The molecule has 0 aromatic carbocycles. The van der Waals surface area contributed by atoms with E-state index in [9.17, 15) is 0 Å². The van der Waals surface area contributed by atoms with Crippen LogP contribution in [0, 0.1) is 17.8 Å². The molecule has 1 aliphatic carbocycles. The summed E-state index contributed by atoms with van der Waals surface area (Å²) in [5.41, 5.74) is 1.38. The van der Waals surface area contributed by atoms with Gasteiger partial charge in [0.05, 0.1) is 0 Å². The summed E-state index contributed by atoms with van der Waals surface area (Å²) in [6.07, 6.45) is 8.68. The zero-order valence-corrected chi connectivity index (χ0v) is 12.7. The van der Waals surface area contributed by atoms with Crippen molar-refractivity contribution in [2.24, 2.45) is 24.8 Å². The molecule has 1 aliphatic rings. The second-order valence-corrected chi connectivity index (χ2v) is 6.49. The summed E-state index contributed by atoms with van der Waals surface area (Å²) in [6, 6.07) is 2.15. The van der Waals surface area contributed by atoms with E-state index in [2.05, 4.69) is 30.3 Å². The van der Waals surface area contributed by atoms with Gasteiger partial charge < -0.3 is 5.32 Å². The predicted molar refractivity (Wildman–Crippen MR) is 80.1 cm³/mol. The highest BCUT2D eigenvalue weighted by Gasteiger charge is 2.26. The summed E-state index contributed by atoms with van der Waals surface area (Å²) in [5.74, 6) is 2.57. The van der Waals surface area contributed by atoms with Crippen molar-refractivity contribution in [2.75, 3.05) is 13.1 Å². The van der Waals surface area contributed by atoms with Crippen molar-refractivity contribution in [3.8, 4) is 0 Å². The first-order chi connectivity index (χ1) is 9.16. The van der Waals surface area contributed by atoms with Gasteiger partial charge in [-0.2, -0.15) is 5.10 Å². The van der Waals surface area contributed by atoms with E-state index in [4.69, 9.17) is 0 Å². The summed E-state index contributed by atoms with van der Waals surface area (Å²) in [5, 5.41) is 7.90. The van der Waals surface area contributed by atoms with Gasteiger partial charge in [0.2, 0.25) is 0 Å². The summed E-state index contributed by atoms with van der Waals surface area (Å²) in [6.45, 7) is 6.93. The molecule has 2 rings (SSSR count). The zero-order valence-electron chi connectivity index (χ0n) is 12.7. The molecule has 1 aromatic heterocycles. The van der Waals surface area contributed by atoms with Crippen molar-refractivity contribution in [1.29, 1.82) is 0 Å². The van der Waals surface area contributed by atoms with Gasteiger partial charge in [-0.25, -0.2) is 0 Å². The Morgan fingerprint density at radius 2 is 2.16 bits per heavy atom. The lowest BCUT2D eigenvalue weighted by Gasteiger charge is -2.20. The van der Waals surface area contributed by atoms with Gasteiger partial charge in [0, 0.05) is 18.9 Å². The first-order valence-corrected chi connectivity index (χ1v) is 7.84. The van der Waals surface area contributed by atoms with E-state index in [1.807, 2.05) is 17.9 Å². The number of aryl methyl sites for hydroxylation is 2. The largest absolute Gasteiger partial charge is 0.316 e. The number of rotatable bonds is 7. The fraction of sp³-hybridized carbons (Fsp3) is 0.812. The van der Waals surface area contributed by atoms with E-state index >= 15 is 0 Å². The molecule has 0 amide bonds. The van der Waals surface area contributed by atoms with Crippen LogP contribution >= 0.6 is 0 Å². The van der Waals surface area contributed by atoms with Crippen LogP contribution in [0.5, 0.6) is 0 Å². The minimum absolute atomic E-state index is 0.759. The third kappa shape index (κ3) is 4.34. The molecule has 3 heteroatoms. The lowest BCUT2D eigenvalue weighted by atomic mass is 9.91. The summed E-state index contributed by atoms with van der Waals surface area (Å²) in [7, 11) is 2.05. The second-order valence-electron chi connectivity index (χ2n) is 6.49. The molecule has 2 unspecified atom stereocenters. The molecule has 2 atom stereocenters. The number of hydrogen-bond donors (Lipinski definition) is 1. The van der Waals surface area contributed by atoms with Gasteiger partial charge in [-0.05, 0) is 56.2 Å². The van der Waals surface area contributed by atoms with Crippen molar-refractivity contribution >= 4 is 0 Å². The zero-order chi connectivity index (χ0) is 13.7. The molecule has 3 nitrogen and oxygen atoms in total. The Morgan fingerprint density at radius 3 is 2.84 bits per heavy atom. The summed E-state index contributed by atoms with van der Waals surface area (Å²) >= 11 is 0. The van der Waals surface area contributed by atoms with Crippen molar-refractivity contribution in [3.05, 3.63) is 18.0 Å². The number of nitrogens with one attached hydrogen (secondary N) is 1. The number of nitrogens with zero attached hydrogens (tertiary/aromatic N) is 2. The number of hydrogen-bond acceptors (Lipinski definition) is 2. The Bertz CT molecular complexity index is 370. The van der Waals surface area contributed by atoms with Gasteiger partial charge in [-0.1, -0.05) is 26.7 Å². The first kappa shape index (κ1) is 14.6. The van der Waals surface area contributed by atoms with Crippen LogP contribution in [-0.2, 0) is 13.5 Å². The van der Waals surface area contributed by atoms with Crippen LogP contribution in [0.1, 0.15) is 45.2 Å². The lowest BCUT2D eigenvalue weighted by molar-refractivity contribution is 0.339. The van der Waals surface area contributed by atoms with Crippen LogP contribution in [0.2, 0.25) is 0 Å². The molecule has 1 heterocycles. The van der Waals surface area contributed by atoms with Crippen molar-refractivity contribution in [1.82, 2.24) is 15.1 Å². The molecule has 0 radical (unpaired) electrons. The Morgan fingerprint density at radius 1 is 1.37 bits per heavy atom. The second kappa shape index (κ2) is 7.09. The molecule has 0 aliphatic heterocycles. The molecule has 0 bridgehead atoms. The lowest BCUT2D eigenvalue weighted by Crippen LogP contribution is -2.28. The maximum absolute atomic E-state index is 4.25. The van der Waals surface area contributed by atoms with Gasteiger partial charge in [-0.15, -0.1) is 0 Å². The molecular weight excluding hydrogens is 234 g/mol. The molecule has 0 saturated heterocycles. The highest BCUT2D eigenvalue weighted by atomic mass is 15.2. The maximum Gasteiger partial charge on any atom is 0.0492 e. The van der Waals surface area contributed by atoms with E-state index in [0.717, 1.165) is 24.3 Å². The highest BCUT2D eigenvalue weighted by Crippen LogP contribution is 2.34. The van der Waals surface area contributed by atoms with Crippen molar-refractivity contribution in [2.45, 2.75) is 46.0 Å². The van der Waals surface area contributed by atoms with E-state index in [0.29, 0.717) is 0 Å². The van der Waals surface area contributed by atoms with E-state index in [-0.39, 0.29) is 0 Å². The molecule has 1 saturated carbocycles. The normalized spacial score (nSPS) is 23.4. The fourth-order valence-electron chi connectivity index (χ4n) is 3.30. The molecule has 108 valence electrons. The van der Waals surface area contributed by atoms with Gasteiger partial charge in [0.25, 0.3) is 0 Å². The Balaban J connectivity index is 1.74. The van der Waals surface area contributed by atoms with Crippen LogP contribution in [0.15, 0.2) is 12.3 Å². The SMILES string of the molecule is CC(C)CNCC1CCCC1CCc1ccnn1C. The third-order valence-corrected chi connectivity index (χ3v) is 4.47. The summed E-state index contributed by atoms with van der Waals surface area (Å²) in [4.78, 5) is 0. The fourth-order valence-corrected chi connectivity index (χ4v) is 3.30. The van der Waals surface area contributed by atoms with Crippen LogP contribution < -0.4 is 5.32 Å². The smallest absolute Gasteiger partial charge is 0.0492 e. The minimum atomic E-state index is 0.759.